The van der Waals surface area contributed by atoms with Gasteiger partial charge in [0.25, 0.3) is 0 Å². The molecule has 0 unspecified atom stereocenters. The summed E-state index contributed by atoms with van der Waals surface area (Å²) in [6.07, 6.45) is 0. The molecular formula is C64H42N2S. The number of para-hydroxylation sites is 2. The van der Waals surface area contributed by atoms with Gasteiger partial charge in [0.1, 0.15) is 0 Å². The quantitative estimate of drug-likeness (QED) is 0.148. The van der Waals surface area contributed by atoms with Crippen molar-refractivity contribution in [3.63, 3.8) is 0 Å². The Morgan fingerprint density at radius 1 is 0.269 bits per heavy atom. The van der Waals surface area contributed by atoms with E-state index in [0.29, 0.717) is 0 Å². The summed E-state index contributed by atoms with van der Waals surface area (Å²) in [6, 6.07) is 93.2. The highest BCUT2D eigenvalue weighted by Gasteiger charge is 2.17. The zero-order chi connectivity index (χ0) is 44.3. The summed E-state index contributed by atoms with van der Waals surface area (Å²) >= 11 is 1.86. The molecule has 0 fully saturated rings. The number of hydrogen-bond donors (Lipinski definition) is 0. The van der Waals surface area contributed by atoms with Gasteiger partial charge in [-0.2, -0.15) is 0 Å². The fourth-order valence-electron chi connectivity index (χ4n) is 10.0. The number of fused-ring (bicyclic) bond motifs is 7. The topological polar surface area (TPSA) is 8.17 Å². The van der Waals surface area contributed by atoms with Gasteiger partial charge in [-0.05, 0) is 134 Å². The minimum atomic E-state index is 1.09. The first kappa shape index (κ1) is 38.9. The SMILES string of the molecule is c1cc(-c2ccc(-c3ccc(N(c4ccc(-c5ccc6c(c5)sc5ccccc56)cc4)c4cccc(-n5c6ccccc6c6ccccc65)c4)cc3)cc2)cc(-c2ccc3ccccc3c2)c1. The monoisotopic (exact) mass is 870 g/mol. The van der Waals surface area contributed by atoms with Gasteiger partial charge in [-0.25, -0.2) is 0 Å². The summed E-state index contributed by atoms with van der Waals surface area (Å²) in [5.74, 6) is 0. The lowest BCUT2D eigenvalue weighted by Gasteiger charge is -2.26. The van der Waals surface area contributed by atoms with E-state index in [9.17, 15) is 0 Å². The second kappa shape index (κ2) is 16.2. The zero-order valence-electron chi connectivity index (χ0n) is 36.6. The molecule has 2 aromatic heterocycles. The Kier molecular flexibility index (Phi) is 9.40. The summed E-state index contributed by atoms with van der Waals surface area (Å²) in [4.78, 5) is 2.38. The smallest absolute Gasteiger partial charge is 0.0541 e. The first-order valence-corrected chi connectivity index (χ1v) is 23.7. The van der Waals surface area contributed by atoms with Gasteiger partial charge in [-0.3, -0.25) is 0 Å². The number of thiophene rings is 1. The summed E-state index contributed by atoms with van der Waals surface area (Å²) < 4.78 is 5.03. The van der Waals surface area contributed by atoms with E-state index in [-0.39, 0.29) is 0 Å². The second-order valence-electron chi connectivity index (χ2n) is 17.3. The lowest BCUT2D eigenvalue weighted by atomic mass is 9.96. The standard InChI is InChI=1S/C64H42N2S/c1-2-12-48-40-51(28-27-43(48)11-1)50-14-9-13-49(39-50)46-25-23-44(24-26-46)45-29-34-53(35-30-45)65(54-36-31-47(32-37-54)52-33-38-60-59-19-5-8-22-63(59)67-64(60)41-52)55-15-10-16-56(42-55)66-61-20-6-3-17-57(61)58-18-4-7-21-62(58)66/h1-42H. The predicted molar refractivity (Wildman–Crippen MR) is 288 cm³/mol. The molecule has 13 aromatic rings. The lowest BCUT2D eigenvalue weighted by molar-refractivity contribution is 1.17. The van der Waals surface area contributed by atoms with Crippen LogP contribution in [0.4, 0.5) is 17.1 Å². The maximum absolute atomic E-state index is 2.39. The number of aromatic nitrogens is 1. The molecular weight excluding hydrogens is 829 g/mol. The van der Waals surface area contributed by atoms with Gasteiger partial charge in [-0.15, -0.1) is 11.3 Å². The molecule has 13 rings (SSSR count). The van der Waals surface area contributed by atoms with Gasteiger partial charge < -0.3 is 9.47 Å². The van der Waals surface area contributed by atoms with Crippen LogP contribution in [0.25, 0.3) is 103 Å². The molecule has 11 aromatic carbocycles. The van der Waals surface area contributed by atoms with Gasteiger partial charge in [0.15, 0.2) is 0 Å². The molecule has 2 heterocycles. The summed E-state index contributed by atoms with van der Waals surface area (Å²) in [5.41, 5.74) is 16.4. The fraction of sp³-hybridized carbons (Fsp3) is 0. The molecule has 0 atom stereocenters. The van der Waals surface area contributed by atoms with E-state index in [1.165, 1.54) is 97.3 Å². The molecule has 2 nitrogen and oxygen atoms in total. The third kappa shape index (κ3) is 6.96. The maximum atomic E-state index is 2.39. The minimum Gasteiger partial charge on any atom is -0.310 e. The van der Waals surface area contributed by atoms with Crippen molar-refractivity contribution in [3.05, 3.63) is 255 Å². The Morgan fingerprint density at radius 2 is 0.746 bits per heavy atom. The highest BCUT2D eigenvalue weighted by atomic mass is 32.1. The van der Waals surface area contributed by atoms with Crippen LogP contribution >= 0.6 is 11.3 Å². The minimum absolute atomic E-state index is 1.09. The van der Waals surface area contributed by atoms with Crippen LogP contribution in [0, 0.1) is 0 Å². The molecule has 0 amide bonds. The van der Waals surface area contributed by atoms with Crippen LogP contribution in [-0.2, 0) is 0 Å². The van der Waals surface area contributed by atoms with E-state index in [0.717, 1.165) is 22.7 Å². The first-order chi connectivity index (χ1) is 33.2. The zero-order valence-corrected chi connectivity index (χ0v) is 37.4. The third-order valence-corrected chi connectivity index (χ3v) is 14.5. The fourth-order valence-corrected chi connectivity index (χ4v) is 11.2. The molecule has 0 saturated carbocycles. The van der Waals surface area contributed by atoms with Crippen molar-refractivity contribution in [2.75, 3.05) is 4.90 Å². The van der Waals surface area contributed by atoms with E-state index in [1.807, 2.05) is 11.3 Å². The van der Waals surface area contributed by atoms with Crippen LogP contribution in [0.15, 0.2) is 255 Å². The molecule has 0 aliphatic carbocycles. The Morgan fingerprint density at radius 3 is 1.43 bits per heavy atom. The molecule has 314 valence electrons. The number of anilines is 3. The summed E-state index contributed by atoms with van der Waals surface area (Å²) in [5, 5.41) is 7.66. The Hall–Kier alpha value is -8.50. The van der Waals surface area contributed by atoms with Crippen molar-refractivity contribution in [2.45, 2.75) is 0 Å². The molecule has 0 spiro atoms. The Balaban J connectivity index is 0.851. The molecule has 0 N–H and O–H groups in total. The molecule has 67 heavy (non-hydrogen) atoms. The molecule has 3 heteroatoms. The largest absolute Gasteiger partial charge is 0.310 e. The van der Waals surface area contributed by atoms with Crippen molar-refractivity contribution in [3.8, 4) is 50.2 Å². The number of rotatable bonds is 8. The molecule has 0 radical (unpaired) electrons. The van der Waals surface area contributed by atoms with Crippen molar-refractivity contribution in [2.24, 2.45) is 0 Å². The summed E-state index contributed by atoms with van der Waals surface area (Å²) in [6.45, 7) is 0. The van der Waals surface area contributed by atoms with Crippen molar-refractivity contribution in [1.29, 1.82) is 0 Å². The van der Waals surface area contributed by atoms with Gasteiger partial charge in [0, 0.05) is 53.7 Å². The van der Waals surface area contributed by atoms with Crippen molar-refractivity contribution in [1.82, 2.24) is 4.57 Å². The molecule has 0 bridgehead atoms. The normalized spacial score (nSPS) is 11.6. The van der Waals surface area contributed by atoms with Crippen molar-refractivity contribution < 1.29 is 0 Å². The Labute approximate surface area is 393 Å². The van der Waals surface area contributed by atoms with Crippen LogP contribution in [0.3, 0.4) is 0 Å². The van der Waals surface area contributed by atoms with Gasteiger partial charge >= 0.3 is 0 Å². The van der Waals surface area contributed by atoms with Gasteiger partial charge in [0.2, 0.25) is 0 Å². The lowest BCUT2D eigenvalue weighted by Crippen LogP contribution is -2.10. The van der Waals surface area contributed by atoms with E-state index < -0.39 is 0 Å². The highest BCUT2D eigenvalue weighted by molar-refractivity contribution is 7.25. The maximum Gasteiger partial charge on any atom is 0.0541 e. The molecule has 0 aliphatic rings. The second-order valence-corrected chi connectivity index (χ2v) is 18.4. The van der Waals surface area contributed by atoms with E-state index in [4.69, 9.17) is 0 Å². The average molecular weight is 871 g/mol. The summed E-state index contributed by atoms with van der Waals surface area (Å²) in [7, 11) is 0. The predicted octanol–water partition coefficient (Wildman–Crippen LogP) is 18.4. The Bertz CT molecular complexity index is 3920. The van der Waals surface area contributed by atoms with Crippen LogP contribution in [0.1, 0.15) is 0 Å². The number of hydrogen-bond acceptors (Lipinski definition) is 2. The van der Waals surface area contributed by atoms with Gasteiger partial charge in [-0.1, -0.05) is 176 Å². The number of benzene rings is 11. The average Bonchev–Trinajstić information content (AvgIpc) is 3.95. The van der Waals surface area contributed by atoms with E-state index >= 15 is 0 Å². The van der Waals surface area contributed by atoms with Crippen molar-refractivity contribution >= 4 is 81.1 Å². The molecule has 0 aliphatic heterocycles. The number of nitrogens with zero attached hydrogens (tertiary/aromatic N) is 2. The van der Waals surface area contributed by atoms with E-state index in [1.54, 1.807) is 0 Å². The van der Waals surface area contributed by atoms with Crippen LogP contribution in [0.5, 0.6) is 0 Å². The third-order valence-electron chi connectivity index (χ3n) is 13.4. The van der Waals surface area contributed by atoms with Crippen LogP contribution < -0.4 is 4.90 Å². The van der Waals surface area contributed by atoms with E-state index in [2.05, 4.69) is 264 Å². The molecule has 0 saturated heterocycles. The van der Waals surface area contributed by atoms with Crippen LogP contribution in [-0.4, -0.2) is 4.57 Å². The highest BCUT2D eigenvalue weighted by Crippen LogP contribution is 2.41. The van der Waals surface area contributed by atoms with Gasteiger partial charge in [0.05, 0.1) is 11.0 Å². The first-order valence-electron chi connectivity index (χ1n) is 22.9. The van der Waals surface area contributed by atoms with Crippen LogP contribution in [0.2, 0.25) is 0 Å².